The first-order valence-electron chi connectivity index (χ1n) is 11.1. The van der Waals surface area contributed by atoms with Gasteiger partial charge in [-0.25, -0.2) is 4.98 Å². The summed E-state index contributed by atoms with van der Waals surface area (Å²) in [6.45, 7) is 0.873. The molecular formula is C26H23Cl2N3O3. The average molecular weight is 496 g/mol. The van der Waals surface area contributed by atoms with E-state index >= 15 is 0 Å². The van der Waals surface area contributed by atoms with Gasteiger partial charge in [0.2, 0.25) is 5.91 Å². The maximum atomic E-state index is 12.9. The lowest BCUT2D eigenvalue weighted by molar-refractivity contribution is -0.117. The third-order valence-electron chi connectivity index (χ3n) is 5.97. The minimum absolute atomic E-state index is 0.0357. The Morgan fingerprint density at radius 3 is 2.56 bits per heavy atom. The van der Waals surface area contributed by atoms with Crippen LogP contribution in [0.2, 0.25) is 10.0 Å². The van der Waals surface area contributed by atoms with E-state index in [-0.39, 0.29) is 25.0 Å². The van der Waals surface area contributed by atoms with Crippen LogP contribution in [0.3, 0.4) is 0 Å². The number of para-hydroxylation sites is 3. The van der Waals surface area contributed by atoms with E-state index in [1.54, 1.807) is 29.2 Å². The summed E-state index contributed by atoms with van der Waals surface area (Å²) >= 11 is 12.2. The molecular weight excluding hydrogens is 473 g/mol. The van der Waals surface area contributed by atoms with Crippen LogP contribution in [0.25, 0.3) is 11.0 Å². The Hall–Kier alpha value is -3.06. The normalized spacial score (nSPS) is 16.9. The van der Waals surface area contributed by atoms with Gasteiger partial charge in [-0.15, -0.1) is 0 Å². The van der Waals surface area contributed by atoms with E-state index in [9.17, 15) is 9.90 Å². The maximum Gasteiger partial charge on any atom is 0.227 e. The predicted octanol–water partition coefficient (Wildman–Crippen LogP) is 5.30. The van der Waals surface area contributed by atoms with Gasteiger partial charge in [-0.05, 0) is 48.5 Å². The van der Waals surface area contributed by atoms with Gasteiger partial charge < -0.3 is 19.3 Å². The van der Waals surface area contributed by atoms with E-state index in [1.165, 1.54) is 0 Å². The highest BCUT2D eigenvalue weighted by molar-refractivity contribution is 6.32. The van der Waals surface area contributed by atoms with Gasteiger partial charge in [0.1, 0.15) is 24.3 Å². The number of hydrogen-bond donors (Lipinski definition) is 1. The number of imidazole rings is 1. The Bertz CT molecular complexity index is 1320. The van der Waals surface area contributed by atoms with E-state index in [4.69, 9.17) is 32.9 Å². The lowest BCUT2D eigenvalue weighted by atomic mass is 10.1. The Kier molecular flexibility index (Phi) is 6.46. The average Bonchev–Trinajstić information content (AvgIpc) is 3.40. The van der Waals surface area contributed by atoms with Crippen molar-refractivity contribution < 1.29 is 14.6 Å². The Labute approximate surface area is 207 Å². The third-order valence-corrected chi connectivity index (χ3v) is 6.54. The van der Waals surface area contributed by atoms with Gasteiger partial charge in [0.05, 0.1) is 22.6 Å². The molecule has 6 nitrogen and oxygen atoms in total. The molecule has 2 heterocycles. The second-order valence-corrected chi connectivity index (χ2v) is 9.19. The smallest absolute Gasteiger partial charge is 0.227 e. The number of anilines is 1. The summed E-state index contributed by atoms with van der Waals surface area (Å²) in [5, 5.41) is 11.9. The van der Waals surface area contributed by atoms with E-state index in [0.29, 0.717) is 28.8 Å². The van der Waals surface area contributed by atoms with Crippen LogP contribution in [0.15, 0.2) is 72.8 Å². The van der Waals surface area contributed by atoms with E-state index < -0.39 is 6.10 Å². The number of rotatable bonds is 7. The first-order valence-corrected chi connectivity index (χ1v) is 11.8. The topological polar surface area (TPSA) is 67.6 Å². The van der Waals surface area contributed by atoms with Crippen LogP contribution in [-0.2, 0) is 11.3 Å². The molecule has 1 aliphatic rings. The molecule has 0 bridgehead atoms. The molecule has 3 aromatic carbocycles. The maximum absolute atomic E-state index is 12.9. The van der Waals surface area contributed by atoms with Crippen molar-refractivity contribution in [2.24, 2.45) is 0 Å². The first-order chi connectivity index (χ1) is 16.5. The molecule has 4 aromatic rings. The molecule has 0 radical (unpaired) electrons. The standard InChI is InChI=1S/C26H23Cl2N3O3/c27-18-9-11-19(12-10-18)30-14-17(13-25(30)33)26-29-22-6-2-3-7-23(22)31(26)15-20(32)16-34-24-8-4-1-5-21(24)28/h1-12,17,20,32H,13-16H2/t17-,20-/m1/s1. The zero-order chi connectivity index (χ0) is 23.7. The molecule has 34 heavy (non-hydrogen) atoms. The van der Waals surface area contributed by atoms with Crippen LogP contribution < -0.4 is 9.64 Å². The van der Waals surface area contributed by atoms with Gasteiger partial charge >= 0.3 is 0 Å². The predicted molar refractivity (Wildman–Crippen MR) is 134 cm³/mol. The van der Waals surface area contributed by atoms with Crippen molar-refractivity contribution in [3.05, 3.63) is 88.7 Å². The fourth-order valence-corrected chi connectivity index (χ4v) is 4.68. The molecule has 1 saturated heterocycles. The molecule has 1 N–H and O–H groups in total. The Morgan fingerprint density at radius 2 is 1.76 bits per heavy atom. The van der Waals surface area contributed by atoms with Gasteiger partial charge in [0, 0.05) is 29.6 Å². The van der Waals surface area contributed by atoms with E-state index in [0.717, 1.165) is 22.5 Å². The summed E-state index contributed by atoms with van der Waals surface area (Å²) in [4.78, 5) is 19.5. The molecule has 2 atom stereocenters. The number of ether oxygens (including phenoxy) is 1. The third kappa shape index (κ3) is 4.62. The van der Waals surface area contributed by atoms with Crippen LogP contribution in [0.5, 0.6) is 5.75 Å². The second kappa shape index (κ2) is 9.66. The number of aliphatic hydroxyl groups excluding tert-OH is 1. The van der Waals surface area contributed by atoms with Crippen molar-refractivity contribution in [3.63, 3.8) is 0 Å². The molecule has 1 amide bonds. The Balaban J connectivity index is 1.38. The second-order valence-electron chi connectivity index (χ2n) is 8.35. The fourth-order valence-electron chi connectivity index (χ4n) is 4.36. The largest absolute Gasteiger partial charge is 0.489 e. The van der Waals surface area contributed by atoms with E-state index in [2.05, 4.69) is 0 Å². The molecule has 1 aromatic heterocycles. The zero-order valence-electron chi connectivity index (χ0n) is 18.3. The summed E-state index contributed by atoms with van der Waals surface area (Å²) in [5.74, 6) is 1.24. The summed E-state index contributed by atoms with van der Waals surface area (Å²) in [5.41, 5.74) is 2.55. The van der Waals surface area contributed by atoms with Gasteiger partial charge in [-0.2, -0.15) is 0 Å². The highest BCUT2D eigenvalue weighted by Gasteiger charge is 2.35. The first kappa shape index (κ1) is 22.7. The quantitative estimate of drug-likeness (QED) is 0.377. The molecule has 174 valence electrons. The van der Waals surface area contributed by atoms with Crippen molar-refractivity contribution in [1.29, 1.82) is 0 Å². The fraction of sp³-hybridized carbons (Fsp3) is 0.231. The summed E-state index contributed by atoms with van der Waals surface area (Å²) < 4.78 is 7.74. The molecule has 0 unspecified atom stereocenters. The number of carbonyl (C=O) groups is 1. The van der Waals surface area contributed by atoms with Crippen molar-refractivity contribution >= 4 is 45.8 Å². The number of benzene rings is 3. The minimum Gasteiger partial charge on any atom is -0.489 e. The molecule has 8 heteroatoms. The van der Waals surface area contributed by atoms with Crippen LogP contribution in [0.4, 0.5) is 5.69 Å². The highest BCUT2D eigenvalue weighted by atomic mass is 35.5. The van der Waals surface area contributed by atoms with Crippen LogP contribution in [-0.4, -0.2) is 39.8 Å². The van der Waals surface area contributed by atoms with Gasteiger partial charge in [0.25, 0.3) is 0 Å². The van der Waals surface area contributed by atoms with Crippen LogP contribution in [0.1, 0.15) is 18.2 Å². The zero-order valence-corrected chi connectivity index (χ0v) is 19.8. The number of halogens is 2. The lowest BCUT2D eigenvalue weighted by Gasteiger charge is -2.19. The summed E-state index contributed by atoms with van der Waals surface area (Å²) in [6, 6.07) is 22.2. The van der Waals surface area contributed by atoms with Gasteiger partial charge in [-0.1, -0.05) is 47.5 Å². The monoisotopic (exact) mass is 495 g/mol. The van der Waals surface area contributed by atoms with Crippen LogP contribution in [0, 0.1) is 0 Å². The molecule has 1 fully saturated rings. The molecule has 0 aliphatic carbocycles. The SMILES string of the molecule is O=C1C[C@@H](c2nc3ccccc3n2C[C@@H](O)COc2ccccc2Cl)CN1c1ccc(Cl)cc1. The molecule has 0 spiro atoms. The summed E-state index contributed by atoms with van der Waals surface area (Å²) in [7, 11) is 0. The van der Waals surface area contributed by atoms with Crippen molar-refractivity contribution in [2.75, 3.05) is 18.1 Å². The number of amides is 1. The lowest BCUT2D eigenvalue weighted by Crippen LogP contribution is -2.26. The molecule has 1 aliphatic heterocycles. The number of fused-ring (bicyclic) bond motifs is 1. The molecule has 5 rings (SSSR count). The number of nitrogens with zero attached hydrogens (tertiary/aromatic N) is 3. The van der Waals surface area contributed by atoms with Gasteiger partial charge in [0.15, 0.2) is 0 Å². The molecule has 0 saturated carbocycles. The van der Waals surface area contributed by atoms with E-state index in [1.807, 2.05) is 53.1 Å². The van der Waals surface area contributed by atoms with Crippen molar-refractivity contribution in [1.82, 2.24) is 9.55 Å². The van der Waals surface area contributed by atoms with Crippen LogP contribution >= 0.6 is 23.2 Å². The summed E-state index contributed by atoms with van der Waals surface area (Å²) in [6.07, 6.45) is -0.449. The van der Waals surface area contributed by atoms with Crippen molar-refractivity contribution in [2.45, 2.75) is 25.0 Å². The van der Waals surface area contributed by atoms with Gasteiger partial charge in [-0.3, -0.25) is 4.79 Å². The number of hydrogen-bond acceptors (Lipinski definition) is 4. The number of carbonyl (C=O) groups excluding carboxylic acids is 1. The highest BCUT2D eigenvalue weighted by Crippen LogP contribution is 2.34. The number of aromatic nitrogens is 2. The minimum atomic E-state index is -0.794. The number of aliphatic hydroxyl groups is 1. The van der Waals surface area contributed by atoms with Crippen molar-refractivity contribution in [3.8, 4) is 5.75 Å². The Morgan fingerprint density at radius 1 is 1.03 bits per heavy atom.